The van der Waals surface area contributed by atoms with Crippen molar-refractivity contribution >= 4 is 17.5 Å². The van der Waals surface area contributed by atoms with E-state index >= 15 is 0 Å². The third-order valence-corrected chi connectivity index (χ3v) is 2.81. The van der Waals surface area contributed by atoms with E-state index in [1.54, 1.807) is 25.3 Å². The Balaban J connectivity index is 2.37. The molecular weight excluding hydrogens is 254 g/mol. The Morgan fingerprint density at radius 3 is 2.89 bits per heavy atom. The van der Waals surface area contributed by atoms with Gasteiger partial charge in [-0.25, -0.2) is 0 Å². The molecule has 100 valence electrons. The van der Waals surface area contributed by atoms with Crippen molar-refractivity contribution in [2.75, 3.05) is 19.5 Å². The number of hydrogen-bond acceptors (Lipinski definition) is 3. The molecule has 0 bridgehead atoms. The SMILES string of the molecule is COc1ccc(CCNC(=O)CCCCl)c(O)c1. The van der Waals surface area contributed by atoms with E-state index in [2.05, 4.69) is 5.32 Å². The molecule has 1 rings (SSSR count). The standard InChI is InChI=1S/C13H18ClNO3/c1-18-11-5-4-10(12(16)9-11)6-8-15-13(17)3-2-7-14/h4-5,9,16H,2-3,6-8H2,1H3,(H,15,17). The van der Waals surface area contributed by atoms with Gasteiger partial charge >= 0.3 is 0 Å². The molecule has 1 aromatic carbocycles. The second-order valence-corrected chi connectivity index (χ2v) is 4.27. The number of carbonyl (C=O) groups excluding carboxylic acids is 1. The van der Waals surface area contributed by atoms with Crippen molar-refractivity contribution in [1.82, 2.24) is 5.32 Å². The van der Waals surface area contributed by atoms with Gasteiger partial charge < -0.3 is 15.2 Å². The zero-order valence-electron chi connectivity index (χ0n) is 10.4. The van der Waals surface area contributed by atoms with Crippen molar-refractivity contribution < 1.29 is 14.6 Å². The zero-order valence-corrected chi connectivity index (χ0v) is 11.2. The predicted octanol–water partition coefficient (Wildman–Crippen LogP) is 2.08. The lowest BCUT2D eigenvalue weighted by Crippen LogP contribution is -2.25. The van der Waals surface area contributed by atoms with Crippen molar-refractivity contribution in [3.8, 4) is 11.5 Å². The number of hydrogen-bond donors (Lipinski definition) is 2. The first-order chi connectivity index (χ1) is 8.67. The molecule has 0 aliphatic heterocycles. The molecule has 0 unspecified atom stereocenters. The van der Waals surface area contributed by atoms with E-state index in [-0.39, 0.29) is 11.7 Å². The highest BCUT2D eigenvalue weighted by molar-refractivity contribution is 6.17. The molecule has 0 saturated carbocycles. The Morgan fingerprint density at radius 2 is 2.28 bits per heavy atom. The Hall–Kier alpha value is -1.42. The summed E-state index contributed by atoms with van der Waals surface area (Å²) in [6.45, 7) is 0.501. The smallest absolute Gasteiger partial charge is 0.220 e. The van der Waals surface area contributed by atoms with Crippen LogP contribution in [-0.2, 0) is 11.2 Å². The van der Waals surface area contributed by atoms with E-state index in [1.807, 2.05) is 0 Å². The summed E-state index contributed by atoms with van der Waals surface area (Å²) in [5, 5.41) is 12.5. The molecule has 0 heterocycles. The Labute approximate surface area is 112 Å². The number of aromatic hydroxyl groups is 1. The number of phenols is 1. The van der Waals surface area contributed by atoms with Gasteiger partial charge in [0.05, 0.1) is 7.11 Å². The van der Waals surface area contributed by atoms with Crippen molar-refractivity contribution in [1.29, 1.82) is 0 Å². The van der Waals surface area contributed by atoms with Crippen molar-refractivity contribution in [3.05, 3.63) is 23.8 Å². The molecule has 4 nitrogen and oxygen atoms in total. The summed E-state index contributed by atoms with van der Waals surface area (Å²) in [6.07, 6.45) is 1.71. The maximum atomic E-state index is 11.3. The molecule has 0 fully saturated rings. The van der Waals surface area contributed by atoms with Crippen LogP contribution in [0.3, 0.4) is 0 Å². The van der Waals surface area contributed by atoms with Crippen LogP contribution in [0.15, 0.2) is 18.2 Å². The minimum absolute atomic E-state index is 0.0105. The van der Waals surface area contributed by atoms with Gasteiger partial charge in [0.15, 0.2) is 0 Å². The fraction of sp³-hybridized carbons (Fsp3) is 0.462. The Morgan fingerprint density at radius 1 is 1.50 bits per heavy atom. The number of halogens is 1. The van der Waals surface area contributed by atoms with Crippen molar-refractivity contribution in [2.45, 2.75) is 19.3 Å². The van der Waals surface area contributed by atoms with E-state index in [0.717, 1.165) is 5.56 Å². The normalized spacial score (nSPS) is 10.1. The highest BCUT2D eigenvalue weighted by Gasteiger charge is 2.04. The molecule has 0 spiro atoms. The van der Waals surface area contributed by atoms with E-state index in [4.69, 9.17) is 16.3 Å². The molecule has 0 aliphatic rings. The third kappa shape index (κ3) is 4.84. The molecule has 1 aromatic rings. The van der Waals surface area contributed by atoms with E-state index < -0.39 is 0 Å². The largest absolute Gasteiger partial charge is 0.508 e. The van der Waals surface area contributed by atoms with E-state index in [0.29, 0.717) is 37.4 Å². The van der Waals surface area contributed by atoms with E-state index in [9.17, 15) is 9.90 Å². The quantitative estimate of drug-likeness (QED) is 0.747. The van der Waals surface area contributed by atoms with Crippen LogP contribution in [0.5, 0.6) is 11.5 Å². The number of nitrogens with one attached hydrogen (secondary N) is 1. The number of methoxy groups -OCH3 is 1. The molecular formula is C13H18ClNO3. The summed E-state index contributed by atoms with van der Waals surface area (Å²) in [7, 11) is 1.55. The first-order valence-electron chi connectivity index (χ1n) is 5.86. The van der Waals surface area contributed by atoms with Gasteiger partial charge in [-0.2, -0.15) is 0 Å². The summed E-state index contributed by atoms with van der Waals surface area (Å²) in [5.74, 6) is 1.28. The van der Waals surface area contributed by atoms with Crippen molar-refractivity contribution in [3.63, 3.8) is 0 Å². The number of phenolic OH excluding ortho intramolecular Hbond substituents is 1. The number of amides is 1. The molecule has 2 N–H and O–H groups in total. The predicted molar refractivity (Wildman–Crippen MR) is 71.3 cm³/mol. The molecule has 0 aliphatic carbocycles. The number of benzene rings is 1. The van der Waals surface area contributed by atoms with Crippen LogP contribution in [-0.4, -0.2) is 30.5 Å². The average molecular weight is 272 g/mol. The minimum Gasteiger partial charge on any atom is -0.508 e. The summed E-state index contributed by atoms with van der Waals surface area (Å²) in [5.41, 5.74) is 0.786. The molecule has 1 amide bonds. The van der Waals surface area contributed by atoms with Crippen LogP contribution in [0.4, 0.5) is 0 Å². The fourth-order valence-electron chi connectivity index (χ4n) is 1.53. The number of rotatable bonds is 7. The Kier molecular flexibility index (Phi) is 6.36. The van der Waals surface area contributed by atoms with Gasteiger partial charge in [-0.15, -0.1) is 11.6 Å². The molecule has 0 radical (unpaired) electrons. The maximum absolute atomic E-state index is 11.3. The topological polar surface area (TPSA) is 58.6 Å². The maximum Gasteiger partial charge on any atom is 0.220 e. The summed E-state index contributed by atoms with van der Waals surface area (Å²) >= 11 is 5.50. The third-order valence-electron chi connectivity index (χ3n) is 2.55. The summed E-state index contributed by atoms with van der Waals surface area (Å²) < 4.78 is 4.99. The highest BCUT2D eigenvalue weighted by Crippen LogP contribution is 2.23. The van der Waals surface area contributed by atoms with E-state index in [1.165, 1.54) is 0 Å². The fourth-order valence-corrected chi connectivity index (χ4v) is 1.67. The first-order valence-corrected chi connectivity index (χ1v) is 6.39. The number of alkyl halides is 1. The summed E-state index contributed by atoms with van der Waals surface area (Å²) in [6, 6.07) is 5.13. The second-order valence-electron chi connectivity index (χ2n) is 3.89. The van der Waals surface area contributed by atoms with Crippen molar-refractivity contribution in [2.24, 2.45) is 0 Å². The molecule has 18 heavy (non-hydrogen) atoms. The van der Waals surface area contributed by atoms with Crippen LogP contribution >= 0.6 is 11.6 Å². The Bertz CT molecular complexity index is 396. The van der Waals surface area contributed by atoms with Crippen LogP contribution in [0, 0.1) is 0 Å². The van der Waals surface area contributed by atoms with Gasteiger partial charge in [-0.1, -0.05) is 6.07 Å². The van der Waals surface area contributed by atoms with Crippen LogP contribution in [0.2, 0.25) is 0 Å². The second kappa shape index (κ2) is 7.82. The first kappa shape index (κ1) is 14.6. The van der Waals surface area contributed by atoms with Gasteiger partial charge in [0.25, 0.3) is 0 Å². The van der Waals surface area contributed by atoms with Gasteiger partial charge in [-0.3, -0.25) is 4.79 Å². The molecule has 0 atom stereocenters. The minimum atomic E-state index is -0.0105. The van der Waals surface area contributed by atoms with Crippen LogP contribution < -0.4 is 10.1 Å². The number of ether oxygens (including phenoxy) is 1. The summed E-state index contributed by atoms with van der Waals surface area (Å²) in [4.78, 5) is 11.3. The lowest BCUT2D eigenvalue weighted by molar-refractivity contribution is -0.121. The van der Waals surface area contributed by atoms with Crippen LogP contribution in [0.25, 0.3) is 0 Å². The van der Waals surface area contributed by atoms with Gasteiger partial charge in [0.2, 0.25) is 5.91 Å². The zero-order chi connectivity index (χ0) is 13.4. The lowest BCUT2D eigenvalue weighted by Gasteiger charge is -2.08. The average Bonchev–Trinajstić information content (AvgIpc) is 2.38. The monoisotopic (exact) mass is 271 g/mol. The van der Waals surface area contributed by atoms with Gasteiger partial charge in [0.1, 0.15) is 11.5 Å². The lowest BCUT2D eigenvalue weighted by atomic mass is 10.1. The molecule has 0 aromatic heterocycles. The van der Waals surface area contributed by atoms with Crippen LogP contribution in [0.1, 0.15) is 18.4 Å². The number of carbonyl (C=O) groups is 1. The van der Waals surface area contributed by atoms with Gasteiger partial charge in [-0.05, 0) is 24.5 Å². The molecule has 0 saturated heterocycles. The van der Waals surface area contributed by atoms with Gasteiger partial charge in [0, 0.05) is 24.9 Å². The highest BCUT2D eigenvalue weighted by atomic mass is 35.5. The molecule has 5 heteroatoms.